The van der Waals surface area contributed by atoms with Crippen LogP contribution in [0.1, 0.15) is 45.7 Å². The number of likely N-dealkylation sites (N-methyl/N-ethyl adjacent to an activating group) is 1. The summed E-state index contributed by atoms with van der Waals surface area (Å²) >= 11 is 0. The zero-order valence-corrected chi connectivity index (χ0v) is 22.0. The van der Waals surface area contributed by atoms with Crippen molar-refractivity contribution in [3.05, 3.63) is 86.6 Å². The zero-order chi connectivity index (χ0) is 26.6. The van der Waals surface area contributed by atoms with Gasteiger partial charge in [0.1, 0.15) is 5.82 Å². The second kappa shape index (κ2) is 10.8. The zero-order valence-electron chi connectivity index (χ0n) is 22.0. The number of hydrogen-bond donors (Lipinski definition) is 2. The van der Waals surface area contributed by atoms with Gasteiger partial charge >= 0.3 is 5.69 Å². The molecule has 0 fully saturated rings. The topological polar surface area (TPSA) is 104 Å². The summed E-state index contributed by atoms with van der Waals surface area (Å²) in [7, 11) is 1.83. The summed E-state index contributed by atoms with van der Waals surface area (Å²) in [6.07, 6.45) is 0. The second-order valence-corrected chi connectivity index (χ2v) is 10.6. The van der Waals surface area contributed by atoms with Crippen LogP contribution in [-0.4, -0.2) is 35.6 Å². The lowest BCUT2D eigenvalue weighted by Crippen LogP contribution is -2.46. The van der Waals surface area contributed by atoms with Crippen molar-refractivity contribution in [1.29, 1.82) is 0 Å². The first-order valence-electron chi connectivity index (χ1n) is 12.2. The van der Waals surface area contributed by atoms with Crippen molar-refractivity contribution >= 4 is 23.1 Å². The Bertz CT molecular complexity index is 1300. The van der Waals surface area contributed by atoms with E-state index in [1.165, 1.54) is 15.0 Å². The Kier molecular flexibility index (Phi) is 8.07. The van der Waals surface area contributed by atoms with E-state index in [0.29, 0.717) is 0 Å². The van der Waals surface area contributed by atoms with Gasteiger partial charge < -0.3 is 15.5 Å². The predicted molar refractivity (Wildman–Crippen MR) is 147 cm³/mol. The highest BCUT2D eigenvalue weighted by Gasteiger charge is 2.26. The maximum Gasteiger partial charge on any atom is 0.330 e. The Hall–Kier alpha value is -3.81. The monoisotopic (exact) mass is 491 g/mol. The van der Waals surface area contributed by atoms with Gasteiger partial charge in [-0.3, -0.25) is 19.1 Å². The van der Waals surface area contributed by atoms with Gasteiger partial charge in [0.25, 0.3) is 5.56 Å². The van der Waals surface area contributed by atoms with Crippen LogP contribution in [0.2, 0.25) is 0 Å². The molecule has 3 N–H and O–H groups in total. The third-order valence-electron chi connectivity index (χ3n) is 6.06. The number of nitrogen functional groups attached to an aromatic ring is 1. The van der Waals surface area contributed by atoms with Gasteiger partial charge in [-0.2, -0.15) is 0 Å². The van der Waals surface area contributed by atoms with Gasteiger partial charge in [0.2, 0.25) is 5.91 Å². The van der Waals surface area contributed by atoms with E-state index >= 15 is 0 Å². The van der Waals surface area contributed by atoms with Crippen LogP contribution in [0, 0.1) is 5.92 Å². The average Bonchev–Trinajstić information content (AvgIpc) is 2.81. The number of anilines is 3. The Morgan fingerprint density at radius 2 is 1.64 bits per heavy atom. The first-order chi connectivity index (χ1) is 16.9. The van der Waals surface area contributed by atoms with Crippen molar-refractivity contribution in [2.24, 2.45) is 5.92 Å². The summed E-state index contributed by atoms with van der Waals surface area (Å²) in [5.41, 5.74) is 8.07. The lowest BCUT2D eigenvalue weighted by Gasteiger charge is -2.29. The van der Waals surface area contributed by atoms with Gasteiger partial charge in [0.15, 0.2) is 5.69 Å². The lowest BCUT2D eigenvalue weighted by molar-refractivity contribution is -0.117. The molecule has 0 saturated carbocycles. The fourth-order valence-corrected chi connectivity index (χ4v) is 4.04. The highest BCUT2D eigenvalue weighted by atomic mass is 16.2. The maximum atomic E-state index is 13.5. The molecule has 1 aromatic heterocycles. The molecule has 3 rings (SSSR count). The molecule has 8 nitrogen and oxygen atoms in total. The van der Waals surface area contributed by atoms with Crippen LogP contribution in [0.25, 0.3) is 0 Å². The van der Waals surface area contributed by atoms with Crippen molar-refractivity contribution in [1.82, 2.24) is 9.55 Å². The van der Waals surface area contributed by atoms with E-state index in [1.807, 2.05) is 68.3 Å². The van der Waals surface area contributed by atoms with Crippen LogP contribution >= 0.6 is 0 Å². The molecule has 0 unspecified atom stereocenters. The molecule has 0 aliphatic rings. The molecule has 8 heteroatoms. The predicted octanol–water partition coefficient (Wildman–Crippen LogP) is 3.59. The number of carbonyl (C=O) groups is 1. The molecule has 3 aromatic rings. The molecule has 0 aliphatic carbocycles. The van der Waals surface area contributed by atoms with E-state index < -0.39 is 11.2 Å². The molecular formula is C28H37N5O3. The Morgan fingerprint density at radius 3 is 2.19 bits per heavy atom. The number of H-pyrrole nitrogens is 1. The highest BCUT2D eigenvalue weighted by molar-refractivity contribution is 5.98. The quantitative estimate of drug-likeness (QED) is 0.501. The Balaban J connectivity index is 1.94. The van der Waals surface area contributed by atoms with Gasteiger partial charge in [-0.05, 0) is 34.6 Å². The highest BCUT2D eigenvalue weighted by Crippen LogP contribution is 2.25. The van der Waals surface area contributed by atoms with E-state index in [2.05, 4.69) is 37.9 Å². The maximum absolute atomic E-state index is 13.5. The number of rotatable bonds is 8. The van der Waals surface area contributed by atoms with Crippen LogP contribution in [0.15, 0.2) is 64.2 Å². The minimum atomic E-state index is -0.673. The third-order valence-corrected chi connectivity index (χ3v) is 6.06. The third kappa shape index (κ3) is 6.24. The number of nitrogens with one attached hydrogen (secondary N) is 1. The number of nitrogens with zero attached hydrogens (tertiary/aromatic N) is 3. The van der Waals surface area contributed by atoms with Crippen LogP contribution in [0.3, 0.4) is 0 Å². The fraction of sp³-hybridized carbons (Fsp3) is 0.393. The van der Waals surface area contributed by atoms with Crippen LogP contribution < -0.4 is 26.8 Å². The minimum absolute atomic E-state index is 0.000659. The summed E-state index contributed by atoms with van der Waals surface area (Å²) in [5.74, 6) is -0.245. The number of hydrogen-bond acceptors (Lipinski definition) is 5. The number of carbonyl (C=O) groups excluding carboxylic acids is 1. The number of aromatic amines is 1. The largest absolute Gasteiger partial charge is 0.383 e. The Morgan fingerprint density at radius 1 is 1.03 bits per heavy atom. The lowest BCUT2D eigenvalue weighted by atomic mass is 9.87. The van der Waals surface area contributed by atoms with Crippen LogP contribution in [0.5, 0.6) is 0 Å². The molecule has 2 aromatic carbocycles. The number of nitrogens with two attached hydrogens (primary N) is 1. The molecule has 1 amide bonds. The summed E-state index contributed by atoms with van der Waals surface area (Å²) in [5, 5.41) is 0. The second-order valence-electron chi connectivity index (χ2n) is 10.6. The van der Waals surface area contributed by atoms with E-state index in [0.717, 1.165) is 11.3 Å². The van der Waals surface area contributed by atoms with Crippen molar-refractivity contribution in [3.8, 4) is 0 Å². The number of benzene rings is 2. The molecule has 0 radical (unpaired) electrons. The normalized spacial score (nSPS) is 11.5. The first-order valence-corrected chi connectivity index (χ1v) is 12.2. The standard InChI is InChI=1S/C28H37N5O3/c1-19(2)16-32(23(34)18-31(6)22-14-12-21(13-15-22)28(3,4)5)24-25(29)33(27(36)30-26(24)35)17-20-10-8-7-9-11-20/h7-15,19H,16-18,29H2,1-6H3,(H,30,35,36). The van der Waals surface area contributed by atoms with Gasteiger partial charge in [0.05, 0.1) is 13.1 Å². The molecule has 0 saturated heterocycles. The molecule has 192 valence electrons. The first kappa shape index (κ1) is 26.8. The molecule has 0 aliphatic heterocycles. The Labute approximate surface area is 212 Å². The van der Waals surface area contributed by atoms with E-state index in [-0.39, 0.29) is 48.4 Å². The molecule has 0 spiro atoms. The van der Waals surface area contributed by atoms with Crippen molar-refractivity contribution in [2.45, 2.75) is 46.6 Å². The van der Waals surface area contributed by atoms with E-state index in [9.17, 15) is 14.4 Å². The van der Waals surface area contributed by atoms with E-state index in [4.69, 9.17) is 5.73 Å². The molecule has 0 atom stereocenters. The molecule has 0 bridgehead atoms. The average molecular weight is 492 g/mol. The van der Waals surface area contributed by atoms with Crippen LogP contribution in [-0.2, 0) is 16.8 Å². The smallest absolute Gasteiger partial charge is 0.330 e. The summed E-state index contributed by atoms with van der Waals surface area (Å²) in [6.45, 7) is 10.9. The van der Waals surface area contributed by atoms with Gasteiger partial charge in [-0.15, -0.1) is 0 Å². The van der Waals surface area contributed by atoms with Crippen molar-refractivity contribution < 1.29 is 4.79 Å². The SMILES string of the molecule is CC(C)CN(C(=O)CN(C)c1ccc(C(C)(C)C)cc1)c1c(N)n(Cc2ccccc2)c(=O)[nH]c1=O. The molecule has 36 heavy (non-hydrogen) atoms. The van der Waals surface area contributed by atoms with Gasteiger partial charge in [-0.1, -0.05) is 77.1 Å². The summed E-state index contributed by atoms with van der Waals surface area (Å²) < 4.78 is 1.29. The summed E-state index contributed by atoms with van der Waals surface area (Å²) in [6, 6.07) is 17.4. The van der Waals surface area contributed by atoms with E-state index in [1.54, 1.807) is 0 Å². The fourth-order valence-electron chi connectivity index (χ4n) is 4.04. The van der Waals surface area contributed by atoms with Gasteiger partial charge in [-0.25, -0.2) is 4.79 Å². The number of aromatic nitrogens is 2. The van der Waals surface area contributed by atoms with Gasteiger partial charge in [0, 0.05) is 19.3 Å². The van der Waals surface area contributed by atoms with Crippen molar-refractivity contribution in [2.75, 3.05) is 35.7 Å². The minimum Gasteiger partial charge on any atom is -0.383 e. The molecular weight excluding hydrogens is 454 g/mol. The molecule has 1 heterocycles. The van der Waals surface area contributed by atoms with Crippen molar-refractivity contribution in [3.63, 3.8) is 0 Å². The number of amides is 1. The van der Waals surface area contributed by atoms with Crippen LogP contribution in [0.4, 0.5) is 17.2 Å². The summed E-state index contributed by atoms with van der Waals surface area (Å²) in [4.78, 5) is 44.7.